The van der Waals surface area contributed by atoms with Gasteiger partial charge in [-0.3, -0.25) is 9.59 Å². The number of carbonyl (C=O) groups is 2. The summed E-state index contributed by atoms with van der Waals surface area (Å²) in [5.41, 5.74) is 1.52. The van der Waals surface area contributed by atoms with Crippen molar-refractivity contribution in [1.29, 1.82) is 0 Å². The molecule has 2 aliphatic heterocycles. The minimum absolute atomic E-state index is 0.00477. The minimum atomic E-state index is -0.467. The molecule has 2 aromatic heterocycles. The van der Waals surface area contributed by atoms with Crippen LogP contribution in [0.4, 0.5) is 0 Å². The van der Waals surface area contributed by atoms with Crippen molar-refractivity contribution in [3.63, 3.8) is 0 Å². The van der Waals surface area contributed by atoms with E-state index in [4.69, 9.17) is 4.74 Å². The first-order valence-electron chi connectivity index (χ1n) is 9.46. The maximum Gasteiger partial charge on any atom is 0.312 e. The maximum atomic E-state index is 12.7. The Kier molecular flexibility index (Phi) is 4.16. The Labute approximate surface area is 166 Å². The van der Waals surface area contributed by atoms with E-state index in [0.29, 0.717) is 43.8 Å². The van der Waals surface area contributed by atoms with Gasteiger partial charge >= 0.3 is 5.97 Å². The van der Waals surface area contributed by atoms with Gasteiger partial charge in [0.1, 0.15) is 11.0 Å². The number of likely N-dealkylation sites (tertiary alicyclic amines) is 1. The van der Waals surface area contributed by atoms with Gasteiger partial charge in [0.25, 0.3) is 5.91 Å². The molecule has 144 valence electrons. The predicted molar refractivity (Wildman–Crippen MR) is 104 cm³/mol. The van der Waals surface area contributed by atoms with Crippen LogP contribution in [0.5, 0.6) is 0 Å². The molecule has 1 spiro atoms. The molecule has 0 aliphatic carbocycles. The number of rotatable bonds is 3. The largest absolute Gasteiger partial charge is 0.460 e. The maximum absolute atomic E-state index is 12.7. The smallest absolute Gasteiger partial charge is 0.312 e. The molecule has 2 fully saturated rings. The Balaban J connectivity index is 1.26. The molecule has 5 rings (SSSR count). The predicted octanol–water partition coefficient (Wildman–Crippen LogP) is 2.73. The number of hydrogen-bond acceptors (Lipinski definition) is 6. The number of ether oxygens (including phenoxy) is 1. The standard InChI is InChI=1S/C20H20N4O3S/c25-18(17-5-8-22-28-17)23-9-6-20(7-10-23)11-14(27-19(20)26)12-24-13-21-15-3-1-2-4-16(15)24/h1-5,8,13-14H,6-7,9-12H2. The Morgan fingerprint density at radius 2 is 2.07 bits per heavy atom. The first-order valence-corrected chi connectivity index (χ1v) is 10.2. The van der Waals surface area contributed by atoms with Crippen LogP contribution < -0.4 is 0 Å². The molecular weight excluding hydrogens is 376 g/mol. The fraction of sp³-hybridized carbons (Fsp3) is 0.400. The number of carbonyl (C=O) groups excluding carboxylic acids is 2. The molecule has 2 aliphatic rings. The van der Waals surface area contributed by atoms with Gasteiger partial charge in [0, 0.05) is 25.7 Å². The zero-order valence-corrected chi connectivity index (χ0v) is 16.1. The van der Waals surface area contributed by atoms with Crippen molar-refractivity contribution in [1.82, 2.24) is 18.8 Å². The quantitative estimate of drug-likeness (QED) is 0.636. The van der Waals surface area contributed by atoms with Gasteiger partial charge in [-0.2, -0.15) is 0 Å². The lowest BCUT2D eigenvalue weighted by Crippen LogP contribution is -2.44. The number of imidazole rings is 1. The summed E-state index contributed by atoms with van der Waals surface area (Å²) >= 11 is 1.21. The molecule has 3 aromatic rings. The lowest BCUT2D eigenvalue weighted by Gasteiger charge is -2.36. The van der Waals surface area contributed by atoms with Crippen LogP contribution in [-0.2, 0) is 16.1 Å². The molecule has 1 atom stereocenters. The SMILES string of the molecule is O=C(c1ccns1)N1CCC2(CC1)CC(Cn1cnc3ccccc31)OC2=O. The lowest BCUT2D eigenvalue weighted by molar-refractivity contribution is -0.150. The number of para-hydroxylation sites is 2. The third-order valence-corrected chi connectivity index (χ3v) is 6.64. The third kappa shape index (κ3) is 2.88. The molecule has 2 saturated heterocycles. The highest BCUT2D eigenvalue weighted by atomic mass is 32.1. The van der Waals surface area contributed by atoms with E-state index in [1.54, 1.807) is 18.6 Å². The number of benzene rings is 1. The average molecular weight is 396 g/mol. The van der Waals surface area contributed by atoms with Crippen LogP contribution >= 0.6 is 11.5 Å². The van der Waals surface area contributed by atoms with Crippen molar-refractivity contribution in [3.8, 4) is 0 Å². The van der Waals surface area contributed by atoms with Crippen molar-refractivity contribution in [2.45, 2.75) is 31.9 Å². The summed E-state index contributed by atoms with van der Waals surface area (Å²) in [6.07, 6.45) is 5.28. The molecule has 1 amide bonds. The van der Waals surface area contributed by atoms with Crippen LogP contribution in [0, 0.1) is 5.41 Å². The molecule has 0 saturated carbocycles. The normalized spacial score (nSPS) is 21.4. The van der Waals surface area contributed by atoms with Crippen molar-refractivity contribution in [2.24, 2.45) is 5.41 Å². The van der Waals surface area contributed by atoms with Crippen molar-refractivity contribution < 1.29 is 14.3 Å². The van der Waals surface area contributed by atoms with Gasteiger partial charge in [0.2, 0.25) is 0 Å². The number of fused-ring (bicyclic) bond motifs is 1. The molecule has 8 heteroatoms. The van der Waals surface area contributed by atoms with Gasteiger partial charge in [-0.15, -0.1) is 0 Å². The van der Waals surface area contributed by atoms with Crippen LogP contribution in [0.2, 0.25) is 0 Å². The highest BCUT2D eigenvalue weighted by Gasteiger charge is 2.51. The van der Waals surface area contributed by atoms with Crippen molar-refractivity contribution in [3.05, 3.63) is 47.7 Å². The molecule has 0 radical (unpaired) electrons. The Bertz CT molecular complexity index is 1020. The number of nitrogens with zero attached hydrogens (tertiary/aromatic N) is 4. The van der Waals surface area contributed by atoms with E-state index >= 15 is 0 Å². The zero-order valence-electron chi connectivity index (χ0n) is 15.3. The van der Waals surface area contributed by atoms with E-state index in [1.165, 1.54) is 11.5 Å². The van der Waals surface area contributed by atoms with E-state index in [2.05, 4.69) is 13.9 Å². The molecule has 28 heavy (non-hydrogen) atoms. The molecule has 0 bridgehead atoms. The summed E-state index contributed by atoms with van der Waals surface area (Å²) in [4.78, 5) is 32.1. The number of esters is 1. The van der Waals surface area contributed by atoms with Gasteiger partial charge in [0.15, 0.2) is 0 Å². The molecular formula is C20H20N4O3S. The molecule has 1 aromatic carbocycles. The van der Waals surface area contributed by atoms with Gasteiger partial charge in [-0.05, 0) is 42.6 Å². The van der Waals surface area contributed by atoms with E-state index in [9.17, 15) is 9.59 Å². The highest BCUT2D eigenvalue weighted by Crippen LogP contribution is 2.43. The second-order valence-corrected chi connectivity index (χ2v) is 8.40. The van der Waals surface area contributed by atoms with E-state index in [-0.39, 0.29) is 18.0 Å². The number of aromatic nitrogens is 3. The fourth-order valence-electron chi connectivity index (χ4n) is 4.34. The zero-order chi connectivity index (χ0) is 19.1. The lowest BCUT2D eigenvalue weighted by atomic mass is 9.76. The first-order chi connectivity index (χ1) is 13.6. The monoisotopic (exact) mass is 396 g/mol. The number of piperidine rings is 1. The van der Waals surface area contributed by atoms with Gasteiger partial charge in [-0.1, -0.05) is 12.1 Å². The fourth-order valence-corrected chi connectivity index (χ4v) is 4.91. The summed E-state index contributed by atoms with van der Waals surface area (Å²) in [7, 11) is 0. The highest BCUT2D eigenvalue weighted by molar-refractivity contribution is 7.08. The average Bonchev–Trinajstić information content (AvgIpc) is 3.44. The Morgan fingerprint density at radius 3 is 2.86 bits per heavy atom. The molecule has 7 nitrogen and oxygen atoms in total. The summed E-state index contributed by atoms with van der Waals surface area (Å²) in [5, 5.41) is 0. The second kappa shape index (κ2) is 6.70. The van der Waals surface area contributed by atoms with Crippen LogP contribution in [0.15, 0.2) is 42.9 Å². The molecule has 1 unspecified atom stereocenters. The van der Waals surface area contributed by atoms with Crippen molar-refractivity contribution in [2.75, 3.05) is 13.1 Å². The number of amides is 1. The number of hydrogen-bond donors (Lipinski definition) is 0. The van der Waals surface area contributed by atoms with Gasteiger partial charge < -0.3 is 14.2 Å². The van der Waals surface area contributed by atoms with Crippen LogP contribution in [0.1, 0.15) is 28.9 Å². The van der Waals surface area contributed by atoms with E-state index in [0.717, 1.165) is 11.0 Å². The molecule has 4 heterocycles. The summed E-state index contributed by atoms with van der Waals surface area (Å²) in [6, 6.07) is 9.69. The first kappa shape index (κ1) is 17.4. The minimum Gasteiger partial charge on any atom is -0.460 e. The number of cyclic esters (lactones) is 1. The van der Waals surface area contributed by atoms with Crippen molar-refractivity contribution >= 4 is 34.4 Å². The van der Waals surface area contributed by atoms with E-state index in [1.807, 2.05) is 29.2 Å². The Morgan fingerprint density at radius 1 is 1.25 bits per heavy atom. The summed E-state index contributed by atoms with van der Waals surface area (Å²) < 4.78 is 11.8. The molecule has 0 N–H and O–H groups in total. The summed E-state index contributed by atoms with van der Waals surface area (Å²) in [5.74, 6) is -0.114. The third-order valence-electron chi connectivity index (χ3n) is 5.91. The van der Waals surface area contributed by atoms with Crippen LogP contribution in [0.25, 0.3) is 11.0 Å². The van der Waals surface area contributed by atoms with Crippen LogP contribution in [0.3, 0.4) is 0 Å². The topological polar surface area (TPSA) is 77.3 Å². The van der Waals surface area contributed by atoms with Crippen LogP contribution in [-0.4, -0.2) is 49.9 Å². The van der Waals surface area contributed by atoms with Gasteiger partial charge in [0.05, 0.1) is 29.3 Å². The summed E-state index contributed by atoms with van der Waals surface area (Å²) in [6.45, 7) is 1.76. The second-order valence-electron chi connectivity index (χ2n) is 7.57. The van der Waals surface area contributed by atoms with E-state index < -0.39 is 5.41 Å². The van der Waals surface area contributed by atoms with Gasteiger partial charge in [-0.25, -0.2) is 9.36 Å². The Hall–Kier alpha value is -2.74.